The van der Waals surface area contributed by atoms with Gasteiger partial charge in [0.15, 0.2) is 0 Å². The average molecular weight is 360 g/mol. The topological polar surface area (TPSA) is 111 Å². The fourth-order valence-electron chi connectivity index (χ4n) is 3.11. The fourth-order valence-corrected chi connectivity index (χ4v) is 5.02. The van der Waals surface area contributed by atoms with E-state index in [0.717, 1.165) is 0 Å². The van der Waals surface area contributed by atoms with Crippen molar-refractivity contribution in [3.05, 3.63) is 32.6 Å². The van der Waals surface area contributed by atoms with Gasteiger partial charge in [0.1, 0.15) is 6.23 Å². The highest BCUT2D eigenvalue weighted by atomic mass is 31.2. The number of aliphatic hydroxyl groups is 1. The van der Waals surface area contributed by atoms with Crippen LogP contribution in [0.2, 0.25) is 0 Å². The molecular formula is C15H25N2O6P. The summed E-state index contributed by atoms with van der Waals surface area (Å²) in [6.07, 6.45) is -0.0681. The summed E-state index contributed by atoms with van der Waals surface area (Å²) in [7, 11) is -2.75. The molecule has 0 radical (unpaired) electrons. The van der Waals surface area contributed by atoms with Crippen LogP contribution in [0.15, 0.2) is 15.8 Å². The Labute approximate surface area is 140 Å². The zero-order valence-electron chi connectivity index (χ0n) is 14.4. The number of nitrogens with one attached hydrogen (secondary N) is 1. The number of hydrogen-bond acceptors (Lipinski definition) is 6. The molecule has 1 aliphatic rings. The third-order valence-corrected chi connectivity index (χ3v) is 6.22. The molecule has 0 aromatic carbocycles. The molecule has 0 bridgehead atoms. The molecule has 5 atom stereocenters. The number of hydrogen-bond donors (Lipinski definition) is 2. The number of aliphatic hydroxyl groups excluding tert-OH is 1. The van der Waals surface area contributed by atoms with Gasteiger partial charge in [0.25, 0.3) is 5.56 Å². The van der Waals surface area contributed by atoms with Crippen molar-refractivity contribution in [2.75, 3.05) is 19.4 Å². The molecule has 2 rings (SSSR count). The van der Waals surface area contributed by atoms with Crippen LogP contribution in [0.25, 0.3) is 0 Å². The van der Waals surface area contributed by atoms with Gasteiger partial charge in [-0.25, -0.2) is 4.79 Å². The van der Waals surface area contributed by atoms with Crippen molar-refractivity contribution >= 4 is 7.37 Å². The number of H-pyrrole nitrogens is 1. The second kappa shape index (κ2) is 7.35. The zero-order valence-corrected chi connectivity index (χ0v) is 15.3. The van der Waals surface area contributed by atoms with E-state index in [2.05, 4.69) is 4.98 Å². The SMILES string of the molecule is CCOP(C)(=O)C[C@H](C)[C@H]1O[C@@H](n2cc(C)c(=O)[nH]c2=O)CC1O. The van der Waals surface area contributed by atoms with E-state index >= 15 is 0 Å². The van der Waals surface area contributed by atoms with Crippen molar-refractivity contribution in [3.63, 3.8) is 0 Å². The van der Waals surface area contributed by atoms with Gasteiger partial charge >= 0.3 is 5.69 Å². The van der Waals surface area contributed by atoms with E-state index in [0.29, 0.717) is 12.2 Å². The Morgan fingerprint density at radius 2 is 2.21 bits per heavy atom. The van der Waals surface area contributed by atoms with Gasteiger partial charge in [-0.15, -0.1) is 0 Å². The molecule has 1 aromatic rings. The van der Waals surface area contributed by atoms with Crippen LogP contribution in [-0.2, 0) is 13.8 Å². The van der Waals surface area contributed by atoms with Crippen LogP contribution in [0.3, 0.4) is 0 Å². The highest BCUT2D eigenvalue weighted by Crippen LogP contribution is 2.46. The van der Waals surface area contributed by atoms with E-state index in [1.54, 1.807) is 20.5 Å². The Kier molecular flexibility index (Phi) is 5.86. The normalized spacial score (nSPS) is 27.8. The average Bonchev–Trinajstić information content (AvgIpc) is 2.84. The zero-order chi connectivity index (χ0) is 18.1. The molecule has 1 fully saturated rings. The van der Waals surface area contributed by atoms with Crippen LogP contribution in [-0.4, -0.2) is 46.3 Å². The lowest BCUT2D eigenvalue weighted by Gasteiger charge is -2.25. The van der Waals surface area contributed by atoms with Crippen LogP contribution < -0.4 is 11.2 Å². The van der Waals surface area contributed by atoms with Crippen molar-refractivity contribution in [2.24, 2.45) is 5.92 Å². The molecule has 2 unspecified atom stereocenters. The van der Waals surface area contributed by atoms with Gasteiger partial charge in [-0.1, -0.05) is 6.92 Å². The molecule has 24 heavy (non-hydrogen) atoms. The van der Waals surface area contributed by atoms with E-state index in [-0.39, 0.29) is 18.5 Å². The minimum Gasteiger partial charge on any atom is -0.390 e. The maximum absolute atomic E-state index is 12.3. The molecule has 9 heteroatoms. The summed E-state index contributed by atoms with van der Waals surface area (Å²) in [5, 5.41) is 10.3. The predicted octanol–water partition coefficient (Wildman–Crippen LogP) is 1.07. The minimum atomic E-state index is -2.75. The van der Waals surface area contributed by atoms with Crippen LogP contribution in [0.4, 0.5) is 0 Å². The van der Waals surface area contributed by atoms with Gasteiger partial charge < -0.3 is 14.4 Å². The minimum absolute atomic E-state index is 0.202. The van der Waals surface area contributed by atoms with Gasteiger partial charge in [-0.05, 0) is 19.8 Å². The summed E-state index contributed by atoms with van der Waals surface area (Å²) < 4.78 is 24.7. The van der Waals surface area contributed by atoms with Crippen molar-refractivity contribution in [2.45, 2.75) is 45.6 Å². The van der Waals surface area contributed by atoms with Crippen molar-refractivity contribution in [1.82, 2.24) is 9.55 Å². The molecule has 1 aliphatic heterocycles. The maximum atomic E-state index is 12.3. The summed E-state index contributed by atoms with van der Waals surface area (Å²) >= 11 is 0. The first-order valence-electron chi connectivity index (χ1n) is 8.01. The van der Waals surface area contributed by atoms with E-state index in [1.165, 1.54) is 10.8 Å². The van der Waals surface area contributed by atoms with E-state index in [9.17, 15) is 19.3 Å². The predicted molar refractivity (Wildman–Crippen MR) is 89.8 cm³/mol. The van der Waals surface area contributed by atoms with Crippen LogP contribution in [0.1, 0.15) is 32.1 Å². The summed E-state index contributed by atoms with van der Waals surface area (Å²) in [5.41, 5.74) is -0.631. The number of ether oxygens (including phenoxy) is 1. The molecule has 0 amide bonds. The number of aromatic amines is 1. The first-order valence-corrected chi connectivity index (χ1v) is 10.3. The second-order valence-electron chi connectivity index (χ2n) is 6.43. The molecule has 1 aromatic heterocycles. The van der Waals surface area contributed by atoms with E-state index < -0.39 is 37.1 Å². The Bertz CT molecular complexity index is 742. The third kappa shape index (κ3) is 4.25. The van der Waals surface area contributed by atoms with Crippen LogP contribution in [0, 0.1) is 12.8 Å². The number of rotatable bonds is 6. The van der Waals surface area contributed by atoms with Crippen molar-refractivity contribution in [1.29, 1.82) is 0 Å². The number of nitrogens with zero attached hydrogens (tertiary/aromatic N) is 1. The smallest absolute Gasteiger partial charge is 0.330 e. The standard InChI is InChI=1S/C15H25N2O6P/c1-5-22-24(4,21)8-10(3)13-11(18)6-12(23-13)17-7-9(2)14(19)16-15(17)20/h7,10-13,18H,5-6,8H2,1-4H3,(H,16,19,20)/t10-,11?,12+,13+,24?/m0/s1. The molecule has 0 spiro atoms. The van der Waals surface area contributed by atoms with Crippen LogP contribution in [0.5, 0.6) is 0 Å². The summed E-state index contributed by atoms with van der Waals surface area (Å²) in [4.78, 5) is 25.6. The molecular weight excluding hydrogens is 335 g/mol. The Morgan fingerprint density at radius 1 is 1.54 bits per heavy atom. The largest absolute Gasteiger partial charge is 0.390 e. The molecule has 0 saturated carbocycles. The highest BCUT2D eigenvalue weighted by Gasteiger charge is 2.40. The van der Waals surface area contributed by atoms with Gasteiger partial charge in [-0.2, -0.15) is 0 Å². The quantitative estimate of drug-likeness (QED) is 0.735. The fraction of sp³-hybridized carbons (Fsp3) is 0.733. The monoisotopic (exact) mass is 360 g/mol. The number of aromatic nitrogens is 2. The molecule has 2 heterocycles. The first kappa shape index (κ1) is 19.1. The third-order valence-electron chi connectivity index (χ3n) is 4.18. The van der Waals surface area contributed by atoms with Gasteiger partial charge in [0, 0.05) is 31.0 Å². The number of aryl methyl sites for hydroxylation is 1. The molecule has 0 aliphatic carbocycles. The summed E-state index contributed by atoms with van der Waals surface area (Å²) in [6, 6.07) is 0. The van der Waals surface area contributed by atoms with Gasteiger partial charge in [-0.3, -0.25) is 18.9 Å². The van der Waals surface area contributed by atoms with Crippen LogP contribution >= 0.6 is 7.37 Å². The highest BCUT2D eigenvalue weighted by molar-refractivity contribution is 7.58. The molecule has 2 N–H and O–H groups in total. The van der Waals surface area contributed by atoms with Gasteiger partial charge in [0.2, 0.25) is 7.37 Å². The lowest BCUT2D eigenvalue weighted by Crippen LogP contribution is -2.34. The maximum Gasteiger partial charge on any atom is 0.330 e. The Morgan fingerprint density at radius 3 is 2.83 bits per heavy atom. The summed E-state index contributed by atoms with van der Waals surface area (Å²) in [5.74, 6) is -0.202. The first-order chi connectivity index (χ1) is 11.1. The van der Waals surface area contributed by atoms with E-state index in [4.69, 9.17) is 9.26 Å². The van der Waals surface area contributed by atoms with E-state index in [1.807, 2.05) is 6.92 Å². The second-order valence-corrected chi connectivity index (χ2v) is 9.08. The lowest BCUT2D eigenvalue weighted by atomic mass is 10.0. The van der Waals surface area contributed by atoms with Gasteiger partial charge in [0.05, 0.1) is 18.8 Å². The Balaban J connectivity index is 2.15. The van der Waals surface area contributed by atoms with Crippen molar-refractivity contribution in [3.8, 4) is 0 Å². The molecule has 8 nitrogen and oxygen atoms in total. The lowest BCUT2D eigenvalue weighted by molar-refractivity contribution is -0.0429. The summed E-state index contributed by atoms with van der Waals surface area (Å²) in [6.45, 7) is 7.15. The molecule has 136 valence electrons. The van der Waals surface area contributed by atoms with Crippen molar-refractivity contribution < 1.29 is 18.9 Å². The molecule has 1 saturated heterocycles. The Hall–Kier alpha value is -1.21.